The Balaban J connectivity index is 1.74. The molecular weight excluding hydrogens is 316 g/mol. The first-order valence-electron chi connectivity index (χ1n) is 8.50. The molecule has 0 fully saturated rings. The van der Waals surface area contributed by atoms with E-state index in [2.05, 4.69) is 10.6 Å². The fraction of sp³-hybridized carbons (Fsp3) is 0.300. The molecule has 2 aromatic carbocycles. The van der Waals surface area contributed by atoms with E-state index in [-0.39, 0.29) is 17.6 Å². The van der Waals surface area contributed by atoms with E-state index < -0.39 is 0 Å². The number of hydrogen-bond acceptors (Lipinski definition) is 3. The molecule has 2 aromatic rings. The molecule has 0 spiro atoms. The zero-order valence-electron chi connectivity index (χ0n) is 14.4. The number of benzene rings is 2. The smallest absolute Gasteiger partial charge is 0.224 e. The molecule has 132 valence electrons. The number of nitrogens with one attached hydrogen (secondary N) is 2. The Labute approximate surface area is 148 Å². The zero-order chi connectivity index (χ0) is 18.1. The molecule has 5 nitrogen and oxygen atoms in total. The van der Waals surface area contributed by atoms with Gasteiger partial charge in [-0.25, -0.2) is 0 Å². The normalized spacial score (nSPS) is 10.3. The van der Waals surface area contributed by atoms with E-state index in [1.807, 2.05) is 43.3 Å². The van der Waals surface area contributed by atoms with Gasteiger partial charge in [0.15, 0.2) is 0 Å². The minimum atomic E-state index is -0.0402. The summed E-state index contributed by atoms with van der Waals surface area (Å²) in [4.78, 5) is 23.5. The van der Waals surface area contributed by atoms with Crippen LogP contribution in [0.15, 0.2) is 48.5 Å². The first kappa shape index (κ1) is 18.5. The van der Waals surface area contributed by atoms with Crippen LogP contribution in [0.25, 0.3) is 0 Å². The lowest BCUT2D eigenvalue weighted by Gasteiger charge is -2.07. The van der Waals surface area contributed by atoms with Gasteiger partial charge in [-0.05, 0) is 48.2 Å². The van der Waals surface area contributed by atoms with Crippen molar-refractivity contribution >= 4 is 17.5 Å². The predicted molar refractivity (Wildman–Crippen MR) is 98.5 cm³/mol. The van der Waals surface area contributed by atoms with E-state index in [0.717, 1.165) is 23.2 Å². The molecule has 0 aliphatic rings. The van der Waals surface area contributed by atoms with Crippen LogP contribution in [0.5, 0.6) is 5.75 Å². The van der Waals surface area contributed by atoms with E-state index >= 15 is 0 Å². The fourth-order valence-electron chi connectivity index (χ4n) is 2.41. The van der Waals surface area contributed by atoms with Crippen molar-refractivity contribution < 1.29 is 14.7 Å². The van der Waals surface area contributed by atoms with Gasteiger partial charge in [-0.3, -0.25) is 9.59 Å². The summed E-state index contributed by atoms with van der Waals surface area (Å²) in [5.74, 6) is 0.200. The van der Waals surface area contributed by atoms with E-state index in [0.29, 0.717) is 25.8 Å². The van der Waals surface area contributed by atoms with Gasteiger partial charge in [0.2, 0.25) is 11.8 Å². The number of carbonyl (C=O) groups is 2. The number of rotatable bonds is 8. The number of carbonyl (C=O) groups excluding carboxylic acids is 2. The molecular formula is C20H24N2O3. The van der Waals surface area contributed by atoms with Gasteiger partial charge >= 0.3 is 0 Å². The highest BCUT2D eigenvalue weighted by molar-refractivity contribution is 5.90. The summed E-state index contributed by atoms with van der Waals surface area (Å²) in [5.41, 5.74) is 2.70. The highest BCUT2D eigenvalue weighted by atomic mass is 16.3. The molecule has 0 heterocycles. The third kappa shape index (κ3) is 6.67. The lowest BCUT2D eigenvalue weighted by atomic mass is 10.1. The van der Waals surface area contributed by atoms with Crippen molar-refractivity contribution in [2.24, 2.45) is 0 Å². The summed E-state index contributed by atoms with van der Waals surface area (Å²) in [6, 6.07) is 14.3. The Hall–Kier alpha value is -2.82. The minimum Gasteiger partial charge on any atom is -0.508 e. The summed E-state index contributed by atoms with van der Waals surface area (Å²) >= 11 is 0. The molecule has 2 rings (SSSR count). The summed E-state index contributed by atoms with van der Waals surface area (Å²) in [6.07, 6.45) is 2.34. The predicted octanol–water partition coefficient (Wildman–Crippen LogP) is 3.03. The van der Waals surface area contributed by atoms with Crippen molar-refractivity contribution in [2.45, 2.75) is 32.6 Å². The molecule has 0 aromatic heterocycles. The Kier molecular flexibility index (Phi) is 7.01. The molecule has 2 amide bonds. The molecule has 5 heteroatoms. The zero-order valence-corrected chi connectivity index (χ0v) is 14.4. The van der Waals surface area contributed by atoms with E-state index in [1.54, 1.807) is 12.1 Å². The minimum absolute atomic E-state index is 0.00206. The third-order valence-corrected chi connectivity index (χ3v) is 3.75. The molecule has 0 saturated heterocycles. The number of aromatic hydroxyl groups is 1. The van der Waals surface area contributed by atoms with Crippen LogP contribution in [-0.4, -0.2) is 23.5 Å². The Bertz CT molecular complexity index is 694. The number of amides is 2. The van der Waals surface area contributed by atoms with Gasteiger partial charge in [-0.1, -0.05) is 31.2 Å². The first-order chi connectivity index (χ1) is 12.1. The molecule has 3 N–H and O–H groups in total. The number of hydrogen-bond donors (Lipinski definition) is 3. The Morgan fingerprint density at radius 1 is 0.920 bits per heavy atom. The van der Waals surface area contributed by atoms with Gasteiger partial charge in [0.05, 0.1) is 6.42 Å². The van der Waals surface area contributed by atoms with E-state index in [4.69, 9.17) is 0 Å². The maximum absolute atomic E-state index is 12.0. The van der Waals surface area contributed by atoms with Crippen molar-refractivity contribution in [1.82, 2.24) is 5.32 Å². The van der Waals surface area contributed by atoms with Gasteiger partial charge in [0, 0.05) is 18.7 Å². The second-order valence-corrected chi connectivity index (χ2v) is 5.94. The second kappa shape index (κ2) is 9.47. The van der Waals surface area contributed by atoms with Crippen LogP contribution < -0.4 is 10.6 Å². The highest BCUT2D eigenvalue weighted by Crippen LogP contribution is 2.11. The topological polar surface area (TPSA) is 78.4 Å². The molecule has 25 heavy (non-hydrogen) atoms. The standard InChI is InChI=1S/C20H24N2O3/c1-2-3-19(24)22-17-8-4-16(5-9-17)14-20(25)21-13-12-15-6-10-18(23)11-7-15/h4-11,23H,2-3,12-14H2,1H3,(H,21,25)(H,22,24). The molecule has 0 atom stereocenters. The quantitative estimate of drug-likeness (QED) is 0.691. The van der Waals surface area contributed by atoms with Crippen LogP contribution in [0, 0.1) is 0 Å². The number of phenols is 1. The van der Waals surface area contributed by atoms with Gasteiger partial charge in [0.25, 0.3) is 0 Å². The number of phenolic OH excluding ortho intramolecular Hbond substituents is 1. The van der Waals surface area contributed by atoms with Gasteiger partial charge in [0.1, 0.15) is 5.75 Å². The summed E-state index contributed by atoms with van der Waals surface area (Å²) in [6.45, 7) is 2.51. The van der Waals surface area contributed by atoms with Gasteiger partial charge in [-0.2, -0.15) is 0 Å². The van der Waals surface area contributed by atoms with Gasteiger partial charge < -0.3 is 15.7 Å². The lowest BCUT2D eigenvalue weighted by Crippen LogP contribution is -2.27. The number of anilines is 1. The van der Waals surface area contributed by atoms with E-state index in [1.165, 1.54) is 0 Å². The molecule has 0 radical (unpaired) electrons. The van der Waals surface area contributed by atoms with Crippen LogP contribution in [-0.2, 0) is 22.4 Å². The Morgan fingerprint density at radius 3 is 2.20 bits per heavy atom. The van der Waals surface area contributed by atoms with Crippen LogP contribution >= 0.6 is 0 Å². The highest BCUT2D eigenvalue weighted by Gasteiger charge is 2.05. The summed E-state index contributed by atoms with van der Waals surface area (Å²) in [7, 11) is 0. The maximum atomic E-state index is 12.0. The average Bonchev–Trinajstić information content (AvgIpc) is 2.59. The molecule has 0 aliphatic heterocycles. The molecule has 0 bridgehead atoms. The Morgan fingerprint density at radius 2 is 1.56 bits per heavy atom. The fourth-order valence-corrected chi connectivity index (χ4v) is 2.41. The monoisotopic (exact) mass is 340 g/mol. The summed E-state index contributed by atoms with van der Waals surface area (Å²) in [5, 5.41) is 14.9. The largest absolute Gasteiger partial charge is 0.508 e. The molecule has 0 unspecified atom stereocenters. The SMILES string of the molecule is CCCC(=O)Nc1ccc(CC(=O)NCCc2ccc(O)cc2)cc1. The second-order valence-electron chi connectivity index (χ2n) is 5.94. The molecule has 0 saturated carbocycles. The van der Waals surface area contributed by atoms with Crippen LogP contribution in [0.2, 0.25) is 0 Å². The van der Waals surface area contributed by atoms with Crippen LogP contribution in [0.3, 0.4) is 0 Å². The third-order valence-electron chi connectivity index (χ3n) is 3.75. The molecule has 0 aliphatic carbocycles. The van der Waals surface area contributed by atoms with Crippen molar-refractivity contribution in [1.29, 1.82) is 0 Å². The van der Waals surface area contributed by atoms with Gasteiger partial charge in [-0.15, -0.1) is 0 Å². The van der Waals surface area contributed by atoms with Crippen LogP contribution in [0.1, 0.15) is 30.9 Å². The summed E-state index contributed by atoms with van der Waals surface area (Å²) < 4.78 is 0. The van der Waals surface area contributed by atoms with Crippen molar-refractivity contribution in [3.8, 4) is 5.75 Å². The van der Waals surface area contributed by atoms with Crippen molar-refractivity contribution in [2.75, 3.05) is 11.9 Å². The average molecular weight is 340 g/mol. The van der Waals surface area contributed by atoms with Crippen molar-refractivity contribution in [3.05, 3.63) is 59.7 Å². The van der Waals surface area contributed by atoms with E-state index in [9.17, 15) is 14.7 Å². The van der Waals surface area contributed by atoms with Crippen LogP contribution in [0.4, 0.5) is 5.69 Å². The maximum Gasteiger partial charge on any atom is 0.224 e. The first-order valence-corrected chi connectivity index (χ1v) is 8.50. The lowest BCUT2D eigenvalue weighted by molar-refractivity contribution is -0.120. The van der Waals surface area contributed by atoms with Crippen molar-refractivity contribution in [3.63, 3.8) is 0 Å².